The molecule has 0 aliphatic rings. The van der Waals surface area contributed by atoms with Crippen molar-refractivity contribution in [2.45, 2.75) is 39.3 Å². The van der Waals surface area contributed by atoms with Crippen molar-refractivity contribution in [3.63, 3.8) is 0 Å². The van der Waals surface area contributed by atoms with E-state index in [1.54, 1.807) is 12.4 Å². The molecule has 0 saturated carbocycles. The summed E-state index contributed by atoms with van der Waals surface area (Å²) in [5, 5.41) is 3.46. The molecular weight excluding hydrogens is 186 g/mol. The second kappa shape index (κ2) is 5.61. The number of nitrogens with one attached hydrogen (secondary N) is 1. The van der Waals surface area contributed by atoms with E-state index in [4.69, 9.17) is 0 Å². The molecule has 1 aromatic rings. The molecule has 1 rings (SSSR count). The standard InChI is InChI=1S/C12H19N3/c1-5-6-9(2)15-11(4)12-10(3)13-7-8-14-12/h5,7-9,11,15H,1,6H2,2-4H3. The van der Waals surface area contributed by atoms with Crippen LogP contribution in [0.3, 0.4) is 0 Å². The summed E-state index contributed by atoms with van der Waals surface area (Å²) < 4.78 is 0. The van der Waals surface area contributed by atoms with Crippen LogP contribution in [0.5, 0.6) is 0 Å². The molecule has 2 atom stereocenters. The van der Waals surface area contributed by atoms with Crippen LogP contribution in [0.1, 0.15) is 37.7 Å². The van der Waals surface area contributed by atoms with Crippen LogP contribution in [0.2, 0.25) is 0 Å². The highest BCUT2D eigenvalue weighted by atomic mass is 15.0. The summed E-state index contributed by atoms with van der Waals surface area (Å²) in [7, 11) is 0. The lowest BCUT2D eigenvalue weighted by atomic mass is 10.1. The fourth-order valence-electron chi connectivity index (χ4n) is 1.67. The summed E-state index contributed by atoms with van der Waals surface area (Å²) in [6, 6.07) is 0.646. The van der Waals surface area contributed by atoms with Gasteiger partial charge in [-0.2, -0.15) is 0 Å². The van der Waals surface area contributed by atoms with Crippen LogP contribution in [0.25, 0.3) is 0 Å². The highest BCUT2D eigenvalue weighted by Gasteiger charge is 2.12. The fourth-order valence-corrected chi connectivity index (χ4v) is 1.67. The Hall–Kier alpha value is -1.22. The quantitative estimate of drug-likeness (QED) is 0.750. The summed E-state index contributed by atoms with van der Waals surface area (Å²) in [5.41, 5.74) is 2.01. The van der Waals surface area contributed by atoms with E-state index < -0.39 is 0 Å². The number of aryl methyl sites for hydroxylation is 1. The molecule has 0 aromatic carbocycles. The van der Waals surface area contributed by atoms with Gasteiger partial charge in [-0.05, 0) is 27.2 Å². The Morgan fingerprint density at radius 2 is 2.07 bits per heavy atom. The zero-order chi connectivity index (χ0) is 11.3. The number of hydrogen-bond acceptors (Lipinski definition) is 3. The number of rotatable bonds is 5. The minimum Gasteiger partial charge on any atom is -0.306 e. The van der Waals surface area contributed by atoms with Crippen molar-refractivity contribution in [3.05, 3.63) is 36.4 Å². The van der Waals surface area contributed by atoms with E-state index in [2.05, 4.69) is 35.7 Å². The van der Waals surface area contributed by atoms with Gasteiger partial charge < -0.3 is 5.32 Å². The van der Waals surface area contributed by atoms with Gasteiger partial charge in [0.2, 0.25) is 0 Å². The van der Waals surface area contributed by atoms with Gasteiger partial charge in [-0.1, -0.05) is 6.08 Å². The average molecular weight is 205 g/mol. The molecule has 1 aromatic heterocycles. The molecule has 1 heterocycles. The van der Waals surface area contributed by atoms with Gasteiger partial charge in [0, 0.05) is 24.5 Å². The van der Waals surface area contributed by atoms with Gasteiger partial charge in [0.1, 0.15) is 0 Å². The van der Waals surface area contributed by atoms with E-state index in [0.717, 1.165) is 17.8 Å². The molecule has 82 valence electrons. The Bertz CT molecular complexity index is 322. The van der Waals surface area contributed by atoms with Crippen LogP contribution < -0.4 is 5.32 Å². The molecule has 0 aliphatic carbocycles. The van der Waals surface area contributed by atoms with Gasteiger partial charge in [-0.3, -0.25) is 9.97 Å². The molecule has 0 fully saturated rings. The van der Waals surface area contributed by atoms with Crippen LogP contribution in [0.4, 0.5) is 0 Å². The molecule has 1 N–H and O–H groups in total. The molecule has 0 amide bonds. The molecule has 0 radical (unpaired) electrons. The fraction of sp³-hybridized carbons (Fsp3) is 0.500. The third-order valence-corrected chi connectivity index (χ3v) is 2.38. The molecule has 0 aliphatic heterocycles. The zero-order valence-corrected chi connectivity index (χ0v) is 9.70. The van der Waals surface area contributed by atoms with E-state index in [-0.39, 0.29) is 6.04 Å². The molecule has 15 heavy (non-hydrogen) atoms. The summed E-state index contributed by atoms with van der Waals surface area (Å²) >= 11 is 0. The predicted octanol–water partition coefficient (Wildman–Crippen LogP) is 2.40. The molecule has 0 bridgehead atoms. The predicted molar refractivity (Wildman–Crippen MR) is 62.6 cm³/mol. The number of nitrogens with zero attached hydrogens (tertiary/aromatic N) is 2. The first-order chi connectivity index (χ1) is 7.15. The first kappa shape index (κ1) is 11.9. The molecule has 3 nitrogen and oxygen atoms in total. The van der Waals surface area contributed by atoms with Gasteiger partial charge in [0.15, 0.2) is 0 Å². The highest BCUT2D eigenvalue weighted by molar-refractivity contribution is 5.12. The van der Waals surface area contributed by atoms with E-state index in [1.807, 2.05) is 13.0 Å². The lowest BCUT2D eigenvalue weighted by molar-refractivity contribution is 0.472. The SMILES string of the molecule is C=CCC(C)NC(C)c1nccnc1C. The molecule has 3 heteroatoms. The first-order valence-electron chi connectivity index (χ1n) is 5.29. The molecule has 0 saturated heterocycles. The maximum Gasteiger partial charge on any atom is 0.0782 e. The van der Waals surface area contributed by atoms with Crippen LogP contribution in [-0.4, -0.2) is 16.0 Å². The minimum atomic E-state index is 0.230. The second-order valence-corrected chi connectivity index (χ2v) is 3.84. The smallest absolute Gasteiger partial charge is 0.0782 e. The van der Waals surface area contributed by atoms with Gasteiger partial charge in [0.05, 0.1) is 11.4 Å². The third kappa shape index (κ3) is 3.44. The van der Waals surface area contributed by atoms with Crippen molar-refractivity contribution in [2.75, 3.05) is 0 Å². The lowest BCUT2D eigenvalue weighted by Crippen LogP contribution is -2.29. The van der Waals surface area contributed by atoms with Crippen molar-refractivity contribution in [2.24, 2.45) is 0 Å². The van der Waals surface area contributed by atoms with Gasteiger partial charge >= 0.3 is 0 Å². The Balaban J connectivity index is 2.64. The van der Waals surface area contributed by atoms with Crippen molar-refractivity contribution >= 4 is 0 Å². The Morgan fingerprint density at radius 1 is 1.40 bits per heavy atom. The van der Waals surface area contributed by atoms with Crippen molar-refractivity contribution in [3.8, 4) is 0 Å². The number of aromatic nitrogens is 2. The van der Waals surface area contributed by atoms with E-state index in [9.17, 15) is 0 Å². The molecule has 2 unspecified atom stereocenters. The summed E-state index contributed by atoms with van der Waals surface area (Å²) in [6.07, 6.45) is 6.34. The average Bonchev–Trinajstić information content (AvgIpc) is 2.18. The van der Waals surface area contributed by atoms with E-state index in [1.165, 1.54) is 0 Å². The zero-order valence-electron chi connectivity index (χ0n) is 9.70. The Morgan fingerprint density at radius 3 is 2.67 bits per heavy atom. The Kier molecular flexibility index (Phi) is 4.43. The van der Waals surface area contributed by atoms with Crippen LogP contribution >= 0.6 is 0 Å². The van der Waals surface area contributed by atoms with Gasteiger partial charge in [-0.25, -0.2) is 0 Å². The minimum absolute atomic E-state index is 0.230. The van der Waals surface area contributed by atoms with Crippen molar-refractivity contribution in [1.29, 1.82) is 0 Å². The van der Waals surface area contributed by atoms with Gasteiger partial charge in [0.25, 0.3) is 0 Å². The van der Waals surface area contributed by atoms with E-state index in [0.29, 0.717) is 6.04 Å². The lowest BCUT2D eigenvalue weighted by Gasteiger charge is -2.19. The Labute approximate surface area is 91.7 Å². The van der Waals surface area contributed by atoms with E-state index >= 15 is 0 Å². The second-order valence-electron chi connectivity index (χ2n) is 3.84. The summed E-state index contributed by atoms with van der Waals surface area (Å²) in [6.45, 7) is 9.97. The molecule has 0 spiro atoms. The topological polar surface area (TPSA) is 37.8 Å². The normalized spacial score (nSPS) is 14.6. The summed E-state index contributed by atoms with van der Waals surface area (Å²) in [4.78, 5) is 8.57. The molecular formula is C12H19N3. The highest BCUT2D eigenvalue weighted by Crippen LogP contribution is 2.12. The first-order valence-corrected chi connectivity index (χ1v) is 5.29. The largest absolute Gasteiger partial charge is 0.306 e. The summed E-state index contributed by atoms with van der Waals surface area (Å²) in [5.74, 6) is 0. The monoisotopic (exact) mass is 205 g/mol. The van der Waals surface area contributed by atoms with Gasteiger partial charge in [-0.15, -0.1) is 6.58 Å². The number of hydrogen-bond donors (Lipinski definition) is 1. The van der Waals surface area contributed by atoms with Crippen molar-refractivity contribution < 1.29 is 0 Å². The maximum absolute atomic E-state index is 4.34. The third-order valence-electron chi connectivity index (χ3n) is 2.38. The van der Waals surface area contributed by atoms with Crippen LogP contribution in [0.15, 0.2) is 25.0 Å². The van der Waals surface area contributed by atoms with Crippen LogP contribution in [-0.2, 0) is 0 Å². The van der Waals surface area contributed by atoms with Crippen molar-refractivity contribution in [1.82, 2.24) is 15.3 Å². The maximum atomic E-state index is 4.34. The van der Waals surface area contributed by atoms with Crippen LogP contribution in [0, 0.1) is 6.92 Å².